The van der Waals surface area contributed by atoms with E-state index in [9.17, 15) is 9.59 Å². The van der Waals surface area contributed by atoms with Gasteiger partial charge in [-0.25, -0.2) is 0 Å². The van der Waals surface area contributed by atoms with E-state index < -0.39 is 5.91 Å². The summed E-state index contributed by atoms with van der Waals surface area (Å²) in [5.41, 5.74) is 7.89. The van der Waals surface area contributed by atoms with Gasteiger partial charge in [-0.15, -0.1) is 0 Å². The van der Waals surface area contributed by atoms with Gasteiger partial charge in [-0.2, -0.15) is 0 Å². The maximum absolute atomic E-state index is 12.4. The number of primary amides is 1. The Kier molecular flexibility index (Phi) is 5.46. The highest BCUT2D eigenvalue weighted by Crippen LogP contribution is 2.19. The van der Waals surface area contributed by atoms with Gasteiger partial charge in [-0.05, 0) is 36.2 Å². The van der Waals surface area contributed by atoms with E-state index in [1.54, 1.807) is 18.2 Å². The molecular weight excluding hydrogens is 314 g/mol. The summed E-state index contributed by atoms with van der Waals surface area (Å²) in [4.78, 5) is 25.9. The second-order valence-electron chi connectivity index (χ2n) is 6.49. The molecule has 1 aliphatic rings. The van der Waals surface area contributed by atoms with Gasteiger partial charge in [0, 0.05) is 25.2 Å². The topological polar surface area (TPSA) is 75.4 Å². The van der Waals surface area contributed by atoms with Crippen LogP contribution in [0.1, 0.15) is 27.9 Å². The Labute approximate surface area is 147 Å². The van der Waals surface area contributed by atoms with Crippen molar-refractivity contribution in [3.05, 3.63) is 71.3 Å². The Morgan fingerprint density at radius 1 is 1.08 bits per heavy atom. The number of nitrogens with zero attached hydrogens (tertiary/aromatic N) is 1. The summed E-state index contributed by atoms with van der Waals surface area (Å²) >= 11 is 0. The van der Waals surface area contributed by atoms with Gasteiger partial charge in [0.15, 0.2) is 0 Å². The molecule has 0 aliphatic carbocycles. The Hall–Kier alpha value is -2.66. The average molecular weight is 337 g/mol. The molecule has 130 valence electrons. The molecule has 2 aromatic rings. The molecule has 2 amide bonds. The van der Waals surface area contributed by atoms with Crippen molar-refractivity contribution in [2.24, 2.45) is 11.7 Å². The Balaban J connectivity index is 1.49. The van der Waals surface area contributed by atoms with E-state index in [2.05, 4.69) is 22.3 Å². The minimum Gasteiger partial charge on any atom is -0.366 e. The van der Waals surface area contributed by atoms with E-state index >= 15 is 0 Å². The third-order valence-electron chi connectivity index (χ3n) is 4.57. The van der Waals surface area contributed by atoms with Crippen LogP contribution in [-0.4, -0.2) is 29.8 Å². The van der Waals surface area contributed by atoms with Crippen molar-refractivity contribution < 1.29 is 9.59 Å². The first kappa shape index (κ1) is 17.2. The minimum absolute atomic E-state index is 0.0167. The lowest BCUT2D eigenvalue weighted by Gasteiger charge is -2.16. The summed E-state index contributed by atoms with van der Waals surface area (Å²) in [6.07, 6.45) is 0.875. The van der Waals surface area contributed by atoms with E-state index in [0.717, 1.165) is 31.6 Å². The van der Waals surface area contributed by atoms with Crippen LogP contribution in [0.5, 0.6) is 0 Å². The van der Waals surface area contributed by atoms with Gasteiger partial charge < -0.3 is 11.1 Å². The molecule has 0 bridgehead atoms. The van der Waals surface area contributed by atoms with Crippen molar-refractivity contribution in [1.29, 1.82) is 0 Å². The lowest BCUT2D eigenvalue weighted by atomic mass is 10.1. The number of benzene rings is 2. The highest BCUT2D eigenvalue weighted by atomic mass is 16.2. The second-order valence-corrected chi connectivity index (χ2v) is 6.49. The SMILES string of the molecule is NC(=O)c1cccc(CNC(=O)C2CCN(Cc3ccccc3)C2)c1. The lowest BCUT2D eigenvalue weighted by Crippen LogP contribution is -2.32. The van der Waals surface area contributed by atoms with Crippen LogP contribution >= 0.6 is 0 Å². The maximum Gasteiger partial charge on any atom is 0.248 e. The van der Waals surface area contributed by atoms with E-state index in [1.165, 1.54) is 5.56 Å². The molecule has 1 saturated heterocycles. The number of hydrogen-bond acceptors (Lipinski definition) is 3. The van der Waals surface area contributed by atoms with Gasteiger partial charge in [0.25, 0.3) is 0 Å². The zero-order valence-electron chi connectivity index (χ0n) is 14.2. The molecule has 0 spiro atoms. The highest BCUT2D eigenvalue weighted by molar-refractivity contribution is 5.92. The van der Waals surface area contributed by atoms with Gasteiger partial charge in [0.2, 0.25) is 11.8 Å². The Morgan fingerprint density at radius 2 is 1.84 bits per heavy atom. The Bertz CT molecular complexity index is 746. The van der Waals surface area contributed by atoms with Gasteiger partial charge in [0.05, 0.1) is 5.92 Å². The number of hydrogen-bond donors (Lipinski definition) is 2. The lowest BCUT2D eigenvalue weighted by molar-refractivity contribution is -0.124. The standard InChI is InChI=1S/C20H23N3O2/c21-19(24)17-8-4-7-16(11-17)12-22-20(25)18-9-10-23(14-18)13-15-5-2-1-3-6-15/h1-8,11,18H,9-10,12-14H2,(H2,21,24)(H,22,25). The van der Waals surface area contributed by atoms with E-state index in [4.69, 9.17) is 5.73 Å². The second kappa shape index (κ2) is 7.94. The molecule has 1 unspecified atom stereocenters. The smallest absolute Gasteiger partial charge is 0.248 e. The Morgan fingerprint density at radius 3 is 2.60 bits per heavy atom. The van der Waals surface area contributed by atoms with Crippen LogP contribution in [0.15, 0.2) is 54.6 Å². The summed E-state index contributed by atoms with van der Waals surface area (Å²) in [6.45, 7) is 3.01. The maximum atomic E-state index is 12.4. The molecule has 1 fully saturated rings. The predicted molar refractivity (Wildman–Crippen MR) is 96.6 cm³/mol. The normalized spacial score (nSPS) is 17.4. The summed E-state index contributed by atoms with van der Waals surface area (Å²) in [5.74, 6) is -0.372. The van der Waals surface area contributed by atoms with Crippen LogP contribution in [0.2, 0.25) is 0 Å². The predicted octanol–water partition coefficient (Wildman–Crippen LogP) is 1.92. The molecule has 0 saturated carbocycles. The number of rotatable bonds is 6. The number of likely N-dealkylation sites (tertiary alicyclic amines) is 1. The van der Waals surface area contributed by atoms with Crippen LogP contribution in [0, 0.1) is 5.92 Å². The van der Waals surface area contributed by atoms with Crippen molar-refractivity contribution >= 4 is 11.8 Å². The van der Waals surface area contributed by atoms with Crippen molar-refractivity contribution in [1.82, 2.24) is 10.2 Å². The number of carbonyl (C=O) groups is 2. The van der Waals surface area contributed by atoms with Crippen molar-refractivity contribution in [2.75, 3.05) is 13.1 Å². The molecular formula is C20H23N3O2. The van der Waals surface area contributed by atoms with Gasteiger partial charge in [0.1, 0.15) is 0 Å². The minimum atomic E-state index is -0.458. The molecule has 1 atom stereocenters. The first-order valence-electron chi connectivity index (χ1n) is 8.54. The molecule has 1 aliphatic heterocycles. The first-order valence-corrected chi connectivity index (χ1v) is 8.54. The van der Waals surface area contributed by atoms with Gasteiger partial charge in [-0.3, -0.25) is 14.5 Å². The molecule has 3 N–H and O–H groups in total. The van der Waals surface area contributed by atoms with Gasteiger partial charge >= 0.3 is 0 Å². The number of nitrogens with one attached hydrogen (secondary N) is 1. The van der Waals surface area contributed by atoms with Crippen LogP contribution < -0.4 is 11.1 Å². The summed E-state index contributed by atoms with van der Waals surface area (Å²) in [7, 11) is 0. The van der Waals surface area contributed by atoms with Crippen LogP contribution in [0.3, 0.4) is 0 Å². The molecule has 5 nitrogen and oxygen atoms in total. The number of carbonyl (C=O) groups excluding carboxylic acids is 2. The fourth-order valence-corrected chi connectivity index (χ4v) is 3.20. The molecule has 3 rings (SSSR count). The van der Waals surface area contributed by atoms with Crippen LogP contribution in [0.25, 0.3) is 0 Å². The van der Waals surface area contributed by atoms with Crippen LogP contribution in [0.4, 0.5) is 0 Å². The molecule has 0 radical (unpaired) electrons. The molecule has 5 heteroatoms. The van der Waals surface area contributed by atoms with E-state index in [1.807, 2.05) is 24.3 Å². The average Bonchev–Trinajstić information content (AvgIpc) is 3.09. The molecule has 0 aromatic heterocycles. The third-order valence-corrected chi connectivity index (χ3v) is 4.57. The summed E-state index contributed by atoms with van der Waals surface area (Å²) in [6, 6.07) is 17.4. The third kappa shape index (κ3) is 4.67. The molecule has 2 aromatic carbocycles. The quantitative estimate of drug-likeness (QED) is 0.846. The fraction of sp³-hybridized carbons (Fsp3) is 0.300. The van der Waals surface area contributed by atoms with Crippen molar-refractivity contribution in [3.63, 3.8) is 0 Å². The largest absolute Gasteiger partial charge is 0.366 e. The zero-order chi connectivity index (χ0) is 17.6. The number of nitrogens with two attached hydrogens (primary N) is 1. The van der Waals surface area contributed by atoms with E-state index in [-0.39, 0.29) is 11.8 Å². The monoisotopic (exact) mass is 337 g/mol. The zero-order valence-corrected chi connectivity index (χ0v) is 14.2. The van der Waals surface area contributed by atoms with E-state index in [0.29, 0.717) is 12.1 Å². The van der Waals surface area contributed by atoms with Gasteiger partial charge in [-0.1, -0.05) is 42.5 Å². The highest BCUT2D eigenvalue weighted by Gasteiger charge is 2.27. The van der Waals surface area contributed by atoms with Crippen molar-refractivity contribution in [2.45, 2.75) is 19.5 Å². The molecule has 25 heavy (non-hydrogen) atoms. The number of amides is 2. The van der Waals surface area contributed by atoms with Crippen molar-refractivity contribution in [3.8, 4) is 0 Å². The van der Waals surface area contributed by atoms with Crippen LogP contribution in [-0.2, 0) is 17.9 Å². The summed E-state index contributed by atoms with van der Waals surface area (Å²) in [5, 5.41) is 2.97. The first-order chi connectivity index (χ1) is 12.1. The molecule has 1 heterocycles. The fourth-order valence-electron chi connectivity index (χ4n) is 3.20. The summed E-state index contributed by atoms with van der Waals surface area (Å²) < 4.78 is 0.